The van der Waals surface area contributed by atoms with E-state index >= 15 is 0 Å². The summed E-state index contributed by atoms with van der Waals surface area (Å²) in [7, 11) is 0. The Labute approximate surface area is 113 Å². The van der Waals surface area contributed by atoms with Crippen molar-refractivity contribution in [1.82, 2.24) is 10.6 Å². The Morgan fingerprint density at radius 3 is 2.33 bits per heavy atom. The van der Waals surface area contributed by atoms with Crippen LogP contribution >= 0.6 is 0 Å². The second-order valence-electron chi connectivity index (χ2n) is 7.13. The average molecular weight is 252 g/mol. The lowest BCUT2D eigenvalue weighted by molar-refractivity contribution is 0.224. The highest BCUT2D eigenvalue weighted by atomic mass is 15.0. The zero-order valence-electron chi connectivity index (χ0n) is 12.4. The van der Waals surface area contributed by atoms with Crippen molar-refractivity contribution in [3.63, 3.8) is 0 Å². The van der Waals surface area contributed by atoms with Gasteiger partial charge in [0.25, 0.3) is 0 Å². The molecule has 2 aliphatic carbocycles. The van der Waals surface area contributed by atoms with E-state index in [9.17, 15) is 0 Å². The summed E-state index contributed by atoms with van der Waals surface area (Å²) < 4.78 is 0. The third-order valence-electron chi connectivity index (χ3n) is 4.61. The SMILES string of the molecule is CC(C)CC1(CNCCNCC2CC2)CCCC1. The van der Waals surface area contributed by atoms with Gasteiger partial charge >= 0.3 is 0 Å². The van der Waals surface area contributed by atoms with Crippen molar-refractivity contribution in [2.75, 3.05) is 26.2 Å². The van der Waals surface area contributed by atoms with Crippen molar-refractivity contribution in [2.45, 2.75) is 58.8 Å². The van der Waals surface area contributed by atoms with Gasteiger partial charge in [0.2, 0.25) is 0 Å². The molecule has 2 heteroatoms. The first kappa shape index (κ1) is 14.3. The van der Waals surface area contributed by atoms with Gasteiger partial charge in [0.15, 0.2) is 0 Å². The molecule has 0 bridgehead atoms. The van der Waals surface area contributed by atoms with Crippen molar-refractivity contribution in [2.24, 2.45) is 17.3 Å². The van der Waals surface area contributed by atoms with Crippen LogP contribution in [-0.4, -0.2) is 26.2 Å². The van der Waals surface area contributed by atoms with Crippen molar-refractivity contribution in [3.8, 4) is 0 Å². The summed E-state index contributed by atoms with van der Waals surface area (Å²) in [6.07, 6.45) is 10.1. The fourth-order valence-electron chi connectivity index (χ4n) is 3.60. The first-order valence-electron chi connectivity index (χ1n) is 8.12. The minimum absolute atomic E-state index is 0.630. The molecular formula is C16H32N2. The van der Waals surface area contributed by atoms with Crippen molar-refractivity contribution in [3.05, 3.63) is 0 Å². The Morgan fingerprint density at radius 1 is 1.06 bits per heavy atom. The molecule has 0 unspecified atom stereocenters. The molecule has 18 heavy (non-hydrogen) atoms. The van der Waals surface area contributed by atoms with Gasteiger partial charge < -0.3 is 10.6 Å². The zero-order valence-corrected chi connectivity index (χ0v) is 12.4. The van der Waals surface area contributed by atoms with Gasteiger partial charge in [-0.2, -0.15) is 0 Å². The van der Waals surface area contributed by atoms with Crippen LogP contribution in [0, 0.1) is 17.3 Å². The Bertz CT molecular complexity index is 227. The summed E-state index contributed by atoms with van der Waals surface area (Å²) in [4.78, 5) is 0. The Hall–Kier alpha value is -0.0800. The highest BCUT2D eigenvalue weighted by Crippen LogP contribution is 2.42. The van der Waals surface area contributed by atoms with Gasteiger partial charge in [-0.05, 0) is 55.9 Å². The second kappa shape index (κ2) is 6.91. The average Bonchev–Trinajstić information content (AvgIpc) is 3.03. The van der Waals surface area contributed by atoms with Gasteiger partial charge in [0, 0.05) is 19.6 Å². The fourth-order valence-corrected chi connectivity index (χ4v) is 3.60. The predicted molar refractivity (Wildman–Crippen MR) is 78.8 cm³/mol. The van der Waals surface area contributed by atoms with Gasteiger partial charge in [0.1, 0.15) is 0 Å². The van der Waals surface area contributed by atoms with Gasteiger partial charge in [-0.25, -0.2) is 0 Å². The largest absolute Gasteiger partial charge is 0.315 e. The summed E-state index contributed by atoms with van der Waals surface area (Å²) in [5.74, 6) is 1.85. The van der Waals surface area contributed by atoms with Crippen LogP contribution in [0.25, 0.3) is 0 Å². The molecule has 0 amide bonds. The molecule has 0 heterocycles. The highest BCUT2D eigenvalue weighted by Gasteiger charge is 2.33. The standard InChI is InChI=1S/C16H32N2/c1-14(2)11-16(7-3-4-8-16)13-18-10-9-17-12-15-5-6-15/h14-15,17-18H,3-13H2,1-2H3. The van der Waals surface area contributed by atoms with Crippen LogP contribution in [0.5, 0.6) is 0 Å². The number of nitrogens with one attached hydrogen (secondary N) is 2. The second-order valence-corrected chi connectivity index (χ2v) is 7.13. The molecule has 0 aromatic heterocycles. The van der Waals surface area contributed by atoms with E-state index in [-0.39, 0.29) is 0 Å². The van der Waals surface area contributed by atoms with Crippen LogP contribution < -0.4 is 10.6 Å². The summed E-state index contributed by atoms with van der Waals surface area (Å²) in [5, 5.41) is 7.27. The summed E-state index contributed by atoms with van der Waals surface area (Å²) >= 11 is 0. The fraction of sp³-hybridized carbons (Fsp3) is 1.00. The molecule has 0 aromatic carbocycles. The van der Waals surface area contributed by atoms with Crippen LogP contribution in [-0.2, 0) is 0 Å². The smallest absolute Gasteiger partial charge is 0.00769 e. The molecular weight excluding hydrogens is 220 g/mol. The topological polar surface area (TPSA) is 24.1 Å². The molecule has 0 atom stereocenters. The van der Waals surface area contributed by atoms with E-state index in [1.807, 2.05) is 0 Å². The number of hydrogen-bond donors (Lipinski definition) is 2. The zero-order chi connectivity index (χ0) is 12.8. The van der Waals surface area contributed by atoms with Crippen molar-refractivity contribution < 1.29 is 0 Å². The Balaban J connectivity index is 1.56. The van der Waals surface area contributed by atoms with E-state index in [4.69, 9.17) is 0 Å². The molecule has 2 aliphatic rings. The summed E-state index contributed by atoms with van der Waals surface area (Å²) in [6, 6.07) is 0. The van der Waals surface area contributed by atoms with E-state index in [0.29, 0.717) is 5.41 Å². The molecule has 0 saturated heterocycles. The molecule has 0 aliphatic heterocycles. The molecule has 2 rings (SSSR count). The molecule has 2 N–H and O–H groups in total. The maximum absolute atomic E-state index is 3.71. The molecule has 2 fully saturated rings. The van der Waals surface area contributed by atoms with Gasteiger partial charge in [-0.15, -0.1) is 0 Å². The minimum Gasteiger partial charge on any atom is -0.315 e. The number of rotatable bonds is 9. The third-order valence-corrected chi connectivity index (χ3v) is 4.61. The number of hydrogen-bond acceptors (Lipinski definition) is 2. The normalized spacial score (nSPS) is 22.8. The lowest BCUT2D eigenvalue weighted by Crippen LogP contribution is -2.37. The van der Waals surface area contributed by atoms with Gasteiger partial charge in [-0.3, -0.25) is 0 Å². The predicted octanol–water partition coefficient (Wildman–Crippen LogP) is 3.18. The first-order valence-corrected chi connectivity index (χ1v) is 8.12. The quantitative estimate of drug-likeness (QED) is 0.616. The molecule has 106 valence electrons. The Kier molecular flexibility index (Phi) is 5.50. The summed E-state index contributed by atoms with van der Waals surface area (Å²) in [5.41, 5.74) is 0.630. The first-order chi connectivity index (χ1) is 8.70. The molecule has 0 spiro atoms. The molecule has 0 aromatic rings. The van der Waals surface area contributed by atoms with Crippen LogP contribution in [0.15, 0.2) is 0 Å². The van der Waals surface area contributed by atoms with Gasteiger partial charge in [0.05, 0.1) is 0 Å². The maximum atomic E-state index is 3.71. The molecule has 2 nitrogen and oxygen atoms in total. The van der Waals surface area contributed by atoms with E-state index in [0.717, 1.165) is 24.9 Å². The van der Waals surface area contributed by atoms with Crippen molar-refractivity contribution in [1.29, 1.82) is 0 Å². The Morgan fingerprint density at radius 2 is 1.72 bits per heavy atom. The van der Waals surface area contributed by atoms with E-state index in [1.165, 1.54) is 58.0 Å². The van der Waals surface area contributed by atoms with Crippen molar-refractivity contribution >= 4 is 0 Å². The summed E-state index contributed by atoms with van der Waals surface area (Å²) in [6.45, 7) is 9.53. The van der Waals surface area contributed by atoms with Crippen LogP contribution in [0.3, 0.4) is 0 Å². The van der Waals surface area contributed by atoms with E-state index in [2.05, 4.69) is 24.5 Å². The minimum atomic E-state index is 0.630. The van der Waals surface area contributed by atoms with Gasteiger partial charge in [-0.1, -0.05) is 26.7 Å². The van der Waals surface area contributed by atoms with Crippen LogP contribution in [0.2, 0.25) is 0 Å². The molecule has 2 saturated carbocycles. The highest BCUT2D eigenvalue weighted by molar-refractivity contribution is 4.87. The maximum Gasteiger partial charge on any atom is 0.00769 e. The molecule has 0 radical (unpaired) electrons. The van der Waals surface area contributed by atoms with Crippen LogP contribution in [0.1, 0.15) is 58.8 Å². The lowest BCUT2D eigenvalue weighted by atomic mass is 9.78. The monoisotopic (exact) mass is 252 g/mol. The van der Waals surface area contributed by atoms with E-state index < -0.39 is 0 Å². The van der Waals surface area contributed by atoms with E-state index in [1.54, 1.807) is 0 Å². The van der Waals surface area contributed by atoms with Crippen LogP contribution in [0.4, 0.5) is 0 Å². The third kappa shape index (κ3) is 4.89. The lowest BCUT2D eigenvalue weighted by Gasteiger charge is -2.31.